The molecule has 11 nitrogen and oxygen atoms in total. The molecule has 0 spiro atoms. The third-order valence-electron chi connectivity index (χ3n) is 6.49. The van der Waals surface area contributed by atoms with Crippen LogP contribution in [0.2, 0.25) is 0 Å². The molecule has 2 fully saturated rings. The monoisotopic (exact) mass is 480 g/mol. The van der Waals surface area contributed by atoms with Crippen molar-refractivity contribution in [3.63, 3.8) is 0 Å². The number of carbonyl (C=O) groups excluding carboxylic acids is 4. The van der Waals surface area contributed by atoms with Crippen LogP contribution in [-0.2, 0) is 19.1 Å². The van der Waals surface area contributed by atoms with Gasteiger partial charge in [-0.1, -0.05) is 19.3 Å². The quantitative estimate of drug-likeness (QED) is 0.171. The van der Waals surface area contributed by atoms with E-state index in [-0.39, 0.29) is 30.4 Å². The largest absolute Gasteiger partial charge is 0.450 e. The minimum absolute atomic E-state index is 0.00600. The number of guanidine groups is 1. The lowest BCUT2D eigenvalue weighted by Gasteiger charge is -2.41. The summed E-state index contributed by atoms with van der Waals surface area (Å²) >= 11 is 0. The fourth-order valence-corrected chi connectivity index (χ4v) is 4.87. The molecule has 1 heterocycles. The average molecular weight is 481 g/mol. The van der Waals surface area contributed by atoms with Gasteiger partial charge in [-0.05, 0) is 52.4 Å². The van der Waals surface area contributed by atoms with Crippen LogP contribution in [0.1, 0.15) is 71.6 Å². The topological polar surface area (TPSA) is 160 Å². The molecule has 0 aromatic heterocycles. The number of nitrogens with two attached hydrogens (primary N) is 2. The summed E-state index contributed by atoms with van der Waals surface area (Å²) in [6, 6.07) is -2.11. The van der Waals surface area contributed by atoms with Crippen LogP contribution in [0.25, 0.3) is 0 Å². The molecule has 1 aliphatic carbocycles. The molecular weight excluding hydrogens is 440 g/mol. The highest BCUT2D eigenvalue weighted by molar-refractivity contribution is 5.92. The second-order valence-electron chi connectivity index (χ2n) is 8.97. The highest BCUT2D eigenvalue weighted by atomic mass is 16.5. The van der Waals surface area contributed by atoms with E-state index in [4.69, 9.17) is 16.2 Å². The second kappa shape index (κ2) is 13.8. The van der Waals surface area contributed by atoms with Gasteiger partial charge in [0.2, 0.25) is 11.8 Å². The SMILES string of the molecule is CCOC(=O)N[C@@H](C)C(=O)N1CCC[C@H]1C(=O)N(C1CCCCC1)[C@H](C=O)CCCN=C(N)N. The fraction of sp³-hybridized carbons (Fsp3) is 0.783. The van der Waals surface area contributed by atoms with Gasteiger partial charge in [-0.15, -0.1) is 0 Å². The van der Waals surface area contributed by atoms with Gasteiger partial charge in [0.1, 0.15) is 18.4 Å². The van der Waals surface area contributed by atoms with Crippen LogP contribution in [0, 0.1) is 0 Å². The van der Waals surface area contributed by atoms with Crippen LogP contribution in [0.3, 0.4) is 0 Å². The zero-order valence-corrected chi connectivity index (χ0v) is 20.4. The Morgan fingerprint density at radius 2 is 1.88 bits per heavy atom. The van der Waals surface area contributed by atoms with Crippen LogP contribution in [-0.4, -0.2) is 83.8 Å². The summed E-state index contributed by atoms with van der Waals surface area (Å²) in [5.74, 6) is -0.531. The third kappa shape index (κ3) is 7.59. The average Bonchev–Trinajstić information content (AvgIpc) is 3.30. The van der Waals surface area contributed by atoms with Crippen LogP contribution in [0.4, 0.5) is 4.79 Å². The van der Waals surface area contributed by atoms with E-state index in [0.29, 0.717) is 38.8 Å². The molecule has 34 heavy (non-hydrogen) atoms. The van der Waals surface area contributed by atoms with E-state index in [2.05, 4.69) is 10.3 Å². The molecule has 2 rings (SSSR count). The number of ether oxygens (including phenoxy) is 1. The minimum atomic E-state index is -0.822. The van der Waals surface area contributed by atoms with E-state index in [1.165, 1.54) is 4.90 Å². The van der Waals surface area contributed by atoms with Gasteiger partial charge in [0, 0.05) is 19.1 Å². The highest BCUT2D eigenvalue weighted by Crippen LogP contribution is 2.29. The van der Waals surface area contributed by atoms with Crippen molar-refractivity contribution in [2.24, 2.45) is 16.5 Å². The van der Waals surface area contributed by atoms with Crippen molar-refractivity contribution in [1.29, 1.82) is 0 Å². The summed E-state index contributed by atoms with van der Waals surface area (Å²) < 4.78 is 4.87. The molecule has 0 aromatic carbocycles. The number of nitrogens with zero attached hydrogens (tertiary/aromatic N) is 3. The molecule has 0 radical (unpaired) electrons. The molecule has 1 saturated heterocycles. The molecule has 11 heteroatoms. The number of hydrogen-bond acceptors (Lipinski definition) is 6. The maximum absolute atomic E-state index is 13.8. The lowest BCUT2D eigenvalue weighted by atomic mass is 9.91. The van der Waals surface area contributed by atoms with Gasteiger partial charge in [0.05, 0.1) is 12.6 Å². The molecular formula is C23H40N6O5. The lowest BCUT2D eigenvalue weighted by Crippen LogP contribution is -2.57. The molecule has 2 aliphatic rings. The molecule has 5 N–H and O–H groups in total. The number of alkyl carbamates (subject to hydrolysis) is 1. The Balaban J connectivity index is 2.17. The molecule has 0 bridgehead atoms. The van der Waals surface area contributed by atoms with Crippen molar-refractivity contribution < 1.29 is 23.9 Å². The number of carbonyl (C=O) groups is 4. The Labute approximate surface area is 201 Å². The van der Waals surface area contributed by atoms with E-state index in [9.17, 15) is 19.2 Å². The molecule has 3 atom stereocenters. The number of likely N-dealkylation sites (tertiary alicyclic amines) is 1. The maximum atomic E-state index is 13.8. The number of aldehydes is 1. The van der Waals surface area contributed by atoms with E-state index < -0.39 is 24.2 Å². The van der Waals surface area contributed by atoms with E-state index in [1.807, 2.05) is 0 Å². The molecule has 1 aliphatic heterocycles. The summed E-state index contributed by atoms with van der Waals surface area (Å²) in [4.78, 5) is 58.0. The lowest BCUT2D eigenvalue weighted by molar-refractivity contribution is -0.149. The van der Waals surface area contributed by atoms with Gasteiger partial charge in [0.15, 0.2) is 5.96 Å². The van der Waals surface area contributed by atoms with E-state index in [1.54, 1.807) is 18.7 Å². The number of amides is 3. The summed E-state index contributed by atoms with van der Waals surface area (Å²) in [5, 5.41) is 2.52. The first-order chi connectivity index (χ1) is 16.3. The Hall–Kier alpha value is -2.85. The number of nitrogens with one attached hydrogen (secondary N) is 1. The first kappa shape index (κ1) is 27.4. The molecule has 3 amide bonds. The first-order valence-corrected chi connectivity index (χ1v) is 12.4. The third-order valence-corrected chi connectivity index (χ3v) is 6.49. The minimum Gasteiger partial charge on any atom is -0.450 e. The van der Waals surface area contributed by atoms with Crippen LogP contribution in [0.15, 0.2) is 4.99 Å². The maximum Gasteiger partial charge on any atom is 0.407 e. The van der Waals surface area contributed by atoms with Crippen molar-refractivity contribution in [2.75, 3.05) is 19.7 Å². The predicted molar refractivity (Wildman–Crippen MR) is 128 cm³/mol. The summed E-state index contributed by atoms with van der Waals surface area (Å²) in [6.07, 6.45) is 7.17. The Morgan fingerprint density at radius 3 is 2.50 bits per heavy atom. The predicted octanol–water partition coefficient (Wildman–Crippen LogP) is 0.894. The summed E-state index contributed by atoms with van der Waals surface area (Å²) in [7, 11) is 0. The van der Waals surface area contributed by atoms with Gasteiger partial charge in [0.25, 0.3) is 0 Å². The second-order valence-corrected chi connectivity index (χ2v) is 8.97. The Morgan fingerprint density at radius 1 is 1.18 bits per heavy atom. The molecule has 1 saturated carbocycles. The van der Waals surface area contributed by atoms with Crippen LogP contribution < -0.4 is 16.8 Å². The van der Waals surface area contributed by atoms with Crippen molar-refractivity contribution >= 4 is 30.2 Å². The Kier molecular flexibility index (Phi) is 11.1. The highest BCUT2D eigenvalue weighted by Gasteiger charge is 2.42. The van der Waals surface area contributed by atoms with Crippen LogP contribution >= 0.6 is 0 Å². The summed E-state index contributed by atoms with van der Waals surface area (Å²) in [6.45, 7) is 4.27. The molecule has 0 unspecified atom stereocenters. The normalized spacial score (nSPS) is 20.2. The number of hydrogen-bond donors (Lipinski definition) is 3. The van der Waals surface area contributed by atoms with Gasteiger partial charge < -0.3 is 36.1 Å². The standard InChI is InChI=1S/C23H40N6O5/c1-3-34-23(33)27-16(2)20(31)28-14-8-12-19(28)21(32)29(17-9-5-4-6-10-17)18(15-30)11-7-13-26-22(24)25/h15-19H,3-14H2,1-2H3,(H,27,33)(H4,24,25,26)/t16-,18-,19-/m0/s1. The summed E-state index contributed by atoms with van der Waals surface area (Å²) in [5.41, 5.74) is 10.8. The zero-order chi connectivity index (χ0) is 25.1. The smallest absolute Gasteiger partial charge is 0.407 e. The molecule has 192 valence electrons. The van der Waals surface area contributed by atoms with Gasteiger partial charge >= 0.3 is 6.09 Å². The Bertz CT molecular complexity index is 735. The zero-order valence-electron chi connectivity index (χ0n) is 20.4. The van der Waals surface area contributed by atoms with Crippen molar-refractivity contribution in [1.82, 2.24) is 15.1 Å². The number of rotatable bonds is 11. The molecule has 0 aromatic rings. The van der Waals surface area contributed by atoms with Crippen molar-refractivity contribution in [2.45, 2.75) is 95.8 Å². The fourth-order valence-electron chi connectivity index (χ4n) is 4.87. The van der Waals surface area contributed by atoms with E-state index >= 15 is 0 Å². The van der Waals surface area contributed by atoms with Crippen molar-refractivity contribution in [3.8, 4) is 0 Å². The van der Waals surface area contributed by atoms with Gasteiger partial charge in [-0.25, -0.2) is 4.79 Å². The number of aliphatic imine (C=N–C) groups is 1. The van der Waals surface area contributed by atoms with Crippen molar-refractivity contribution in [3.05, 3.63) is 0 Å². The van der Waals surface area contributed by atoms with E-state index in [0.717, 1.165) is 38.4 Å². The first-order valence-electron chi connectivity index (χ1n) is 12.4. The van der Waals surface area contributed by atoms with Crippen LogP contribution in [0.5, 0.6) is 0 Å². The van der Waals surface area contributed by atoms with Gasteiger partial charge in [-0.3, -0.25) is 14.6 Å². The van der Waals surface area contributed by atoms with Gasteiger partial charge in [-0.2, -0.15) is 0 Å².